The molecule has 1 aromatic heterocycles. The van der Waals surface area contributed by atoms with Gasteiger partial charge in [0.2, 0.25) is 11.9 Å². The smallest absolute Gasteiger partial charge is 0.267 e. The fraction of sp³-hybridized carbons (Fsp3) is 0.300. The Bertz CT molecular complexity index is 979. The van der Waals surface area contributed by atoms with E-state index in [2.05, 4.69) is 15.0 Å². The molecule has 0 atom stereocenters. The van der Waals surface area contributed by atoms with E-state index in [0.29, 0.717) is 17.5 Å². The van der Waals surface area contributed by atoms with Gasteiger partial charge >= 0.3 is 0 Å². The molecule has 2 aromatic rings. The summed E-state index contributed by atoms with van der Waals surface area (Å²) in [5.41, 5.74) is 17.9. The zero-order chi connectivity index (χ0) is 20.4. The van der Waals surface area contributed by atoms with Crippen molar-refractivity contribution in [2.75, 3.05) is 4.90 Å². The lowest BCUT2D eigenvalue weighted by Gasteiger charge is -2.45. The van der Waals surface area contributed by atoms with Crippen LogP contribution in [-0.2, 0) is 0 Å². The minimum Gasteiger partial charge on any atom is -0.457 e. The summed E-state index contributed by atoms with van der Waals surface area (Å²) in [6, 6.07) is 10.6. The van der Waals surface area contributed by atoms with E-state index in [-0.39, 0.29) is 11.7 Å². The first-order chi connectivity index (χ1) is 14.0. The van der Waals surface area contributed by atoms with E-state index in [1.165, 1.54) is 18.7 Å². The molecule has 1 aliphatic carbocycles. The zero-order valence-electron chi connectivity index (χ0n) is 15.9. The second kappa shape index (κ2) is 7.42. The molecule has 150 valence electrons. The van der Waals surface area contributed by atoms with Crippen LogP contribution in [0.3, 0.4) is 0 Å². The van der Waals surface area contributed by atoms with E-state index in [0.717, 1.165) is 31.4 Å². The van der Waals surface area contributed by atoms with Crippen LogP contribution in [0.1, 0.15) is 42.6 Å². The maximum absolute atomic E-state index is 11.3. The summed E-state index contributed by atoms with van der Waals surface area (Å²) < 4.78 is 5.82. The van der Waals surface area contributed by atoms with Crippen LogP contribution in [0.25, 0.3) is 0 Å². The molecule has 1 fully saturated rings. The summed E-state index contributed by atoms with van der Waals surface area (Å²) in [6.07, 6.45) is 6.51. The van der Waals surface area contributed by atoms with E-state index in [1.54, 1.807) is 6.07 Å². The van der Waals surface area contributed by atoms with Crippen molar-refractivity contribution in [1.29, 1.82) is 0 Å². The van der Waals surface area contributed by atoms with Crippen molar-refractivity contribution in [3.63, 3.8) is 0 Å². The number of hydrogen-bond donors (Lipinski definition) is 3. The number of ether oxygens (including phenoxy) is 1. The van der Waals surface area contributed by atoms with Gasteiger partial charge in [0.05, 0.1) is 0 Å². The van der Waals surface area contributed by atoms with E-state index < -0.39 is 11.6 Å². The Labute approximate surface area is 168 Å². The first-order valence-corrected chi connectivity index (χ1v) is 9.50. The minimum absolute atomic E-state index is 0.145. The van der Waals surface area contributed by atoms with Gasteiger partial charge in [-0.15, -0.1) is 0 Å². The van der Waals surface area contributed by atoms with E-state index in [1.807, 2.05) is 29.2 Å². The van der Waals surface area contributed by atoms with Gasteiger partial charge in [-0.3, -0.25) is 14.7 Å². The summed E-state index contributed by atoms with van der Waals surface area (Å²) in [6.45, 7) is 0. The number of guanidine groups is 2. The van der Waals surface area contributed by atoms with Crippen LogP contribution in [0.15, 0.2) is 52.6 Å². The average Bonchev–Trinajstić information content (AvgIpc) is 2.69. The second-order valence-corrected chi connectivity index (χ2v) is 7.16. The summed E-state index contributed by atoms with van der Waals surface area (Å²) in [5, 5.41) is 0. The molecule has 0 bridgehead atoms. The number of carbonyl (C=O) groups is 1. The maximum atomic E-state index is 11.3. The Kier molecular flexibility index (Phi) is 4.79. The van der Waals surface area contributed by atoms with Crippen molar-refractivity contribution in [1.82, 2.24) is 4.98 Å². The zero-order valence-corrected chi connectivity index (χ0v) is 15.9. The van der Waals surface area contributed by atoms with Crippen LogP contribution in [-0.4, -0.2) is 28.5 Å². The molecule has 1 spiro atoms. The first-order valence-electron chi connectivity index (χ1n) is 9.50. The van der Waals surface area contributed by atoms with Gasteiger partial charge in [-0.2, -0.15) is 4.99 Å². The molecular formula is C20H23N7O2. The van der Waals surface area contributed by atoms with Crippen LogP contribution in [0.4, 0.5) is 5.69 Å². The molecule has 2 aliphatic rings. The van der Waals surface area contributed by atoms with Gasteiger partial charge in [0.1, 0.15) is 22.9 Å². The van der Waals surface area contributed by atoms with Gasteiger partial charge in [0.15, 0.2) is 0 Å². The lowest BCUT2D eigenvalue weighted by molar-refractivity contribution is 0.0995. The number of aromatic nitrogens is 1. The van der Waals surface area contributed by atoms with Crippen LogP contribution in [0, 0.1) is 0 Å². The summed E-state index contributed by atoms with van der Waals surface area (Å²) in [5.74, 6) is 1.03. The molecule has 1 aromatic carbocycles. The van der Waals surface area contributed by atoms with Crippen LogP contribution in [0.5, 0.6) is 11.5 Å². The van der Waals surface area contributed by atoms with Crippen molar-refractivity contribution in [2.45, 2.75) is 37.8 Å². The van der Waals surface area contributed by atoms with Crippen molar-refractivity contribution in [3.05, 3.63) is 48.3 Å². The number of hydrogen-bond acceptors (Lipinski definition) is 8. The quantitative estimate of drug-likeness (QED) is 0.725. The standard InChI is InChI=1S/C20H23N7O2/c21-17(28)16-12-15(8-11-24-16)29-14-6-4-13(5-7-14)27-19(23)25-18(22)26-20(27)9-2-1-3-10-20/h4-8,11-12H,1-3,9-10H2,(H2,21,28)(H4,22,23,25,26). The Balaban J connectivity index is 1.59. The van der Waals surface area contributed by atoms with Crippen molar-refractivity contribution in [3.8, 4) is 11.5 Å². The predicted octanol–water partition coefficient (Wildman–Crippen LogP) is 2.08. The Morgan fingerprint density at radius 1 is 1.03 bits per heavy atom. The highest BCUT2D eigenvalue weighted by atomic mass is 16.5. The van der Waals surface area contributed by atoms with Gasteiger partial charge in [-0.1, -0.05) is 6.42 Å². The number of nitrogens with zero attached hydrogens (tertiary/aromatic N) is 4. The lowest BCUT2D eigenvalue weighted by Crippen LogP contribution is -2.58. The largest absolute Gasteiger partial charge is 0.457 e. The van der Waals surface area contributed by atoms with Crippen molar-refractivity contribution >= 4 is 23.5 Å². The molecule has 9 heteroatoms. The van der Waals surface area contributed by atoms with Crippen molar-refractivity contribution in [2.24, 2.45) is 27.2 Å². The molecule has 0 saturated heterocycles. The fourth-order valence-electron chi connectivity index (χ4n) is 3.90. The monoisotopic (exact) mass is 393 g/mol. The maximum Gasteiger partial charge on any atom is 0.267 e. The normalized spacial score (nSPS) is 18.1. The van der Waals surface area contributed by atoms with E-state index in [4.69, 9.17) is 21.9 Å². The molecule has 9 nitrogen and oxygen atoms in total. The fourth-order valence-corrected chi connectivity index (χ4v) is 3.90. The summed E-state index contributed by atoms with van der Waals surface area (Å²) in [4.78, 5) is 26.0. The van der Waals surface area contributed by atoms with Crippen LogP contribution < -0.4 is 26.8 Å². The summed E-state index contributed by atoms with van der Waals surface area (Å²) in [7, 11) is 0. The number of anilines is 1. The third-order valence-corrected chi connectivity index (χ3v) is 5.17. The first kappa shape index (κ1) is 18.7. The van der Waals surface area contributed by atoms with Gasteiger partial charge in [0, 0.05) is 18.0 Å². The molecule has 0 radical (unpaired) electrons. The third-order valence-electron chi connectivity index (χ3n) is 5.17. The number of aliphatic imine (C=N–C) groups is 2. The predicted molar refractivity (Wildman–Crippen MR) is 111 cm³/mol. The molecular weight excluding hydrogens is 370 g/mol. The number of amides is 1. The SMILES string of the molecule is NC(=O)c1cc(Oc2ccc(N3C(N)=NC(N)=NC34CCCCC4)cc2)ccn1. The average molecular weight is 393 g/mol. The van der Waals surface area contributed by atoms with Gasteiger partial charge in [-0.25, -0.2) is 4.99 Å². The Morgan fingerprint density at radius 3 is 2.45 bits per heavy atom. The molecule has 6 N–H and O–H groups in total. The number of pyridine rings is 1. The number of primary amides is 1. The van der Waals surface area contributed by atoms with E-state index >= 15 is 0 Å². The second-order valence-electron chi connectivity index (χ2n) is 7.16. The highest BCUT2D eigenvalue weighted by Crippen LogP contribution is 2.40. The number of carbonyl (C=O) groups excluding carboxylic acids is 1. The van der Waals surface area contributed by atoms with Crippen molar-refractivity contribution < 1.29 is 9.53 Å². The van der Waals surface area contributed by atoms with Crippen LogP contribution in [0.2, 0.25) is 0 Å². The van der Waals surface area contributed by atoms with Gasteiger partial charge in [-0.05, 0) is 56.0 Å². The summed E-state index contributed by atoms with van der Waals surface area (Å²) >= 11 is 0. The molecule has 2 heterocycles. The number of rotatable bonds is 4. The number of nitrogens with two attached hydrogens (primary N) is 3. The minimum atomic E-state index is -0.608. The third kappa shape index (κ3) is 3.71. The van der Waals surface area contributed by atoms with E-state index in [9.17, 15) is 4.79 Å². The number of benzene rings is 1. The topological polar surface area (TPSA) is 145 Å². The Morgan fingerprint density at radius 2 is 1.76 bits per heavy atom. The van der Waals surface area contributed by atoms with Crippen LogP contribution >= 0.6 is 0 Å². The molecule has 1 amide bonds. The highest BCUT2D eigenvalue weighted by Gasteiger charge is 2.42. The lowest BCUT2D eigenvalue weighted by atomic mass is 9.87. The molecule has 0 unspecified atom stereocenters. The molecule has 29 heavy (non-hydrogen) atoms. The molecule has 1 saturated carbocycles. The molecule has 4 rings (SSSR count). The molecule has 1 aliphatic heterocycles. The Hall–Kier alpha value is -3.62. The highest BCUT2D eigenvalue weighted by molar-refractivity contribution is 6.05. The van der Waals surface area contributed by atoms with Gasteiger partial charge < -0.3 is 21.9 Å². The van der Waals surface area contributed by atoms with Gasteiger partial charge in [0.25, 0.3) is 5.91 Å².